The highest BCUT2D eigenvalue weighted by Crippen LogP contribution is 2.45. The van der Waals surface area contributed by atoms with Crippen molar-refractivity contribution in [2.75, 3.05) is 19.8 Å². The van der Waals surface area contributed by atoms with E-state index in [-0.39, 0.29) is 17.8 Å². The maximum atomic E-state index is 13.5. The number of H-pyrrole nitrogens is 1. The zero-order valence-electron chi connectivity index (χ0n) is 20.2. The van der Waals surface area contributed by atoms with Crippen molar-refractivity contribution in [3.63, 3.8) is 0 Å². The third-order valence-electron chi connectivity index (χ3n) is 5.93. The number of ether oxygens (including phenoxy) is 2. The third-order valence-corrected chi connectivity index (χ3v) is 6.34. The van der Waals surface area contributed by atoms with Gasteiger partial charge < -0.3 is 19.5 Å². The average molecular weight is 496 g/mol. The van der Waals surface area contributed by atoms with Crippen molar-refractivity contribution < 1.29 is 19.4 Å². The Kier molecular flexibility index (Phi) is 7.48. The van der Waals surface area contributed by atoms with E-state index in [0.717, 1.165) is 11.1 Å². The maximum absolute atomic E-state index is 13.5. The lowest BCUT2D eigenvalue weighted by Gasteiger charge is -2.27. The lowest BCUT2D eigenvalue weighted by atomic mass is 9.95. The molecule has 1 amide bonds. The Morgan fingerprint density at radius 2 is 2.11 bits per heavy atom. The van der Waals surface area contributed by atoms with Crippen molar-refractivity contribution in [1.29, 1.82) is 0 Å². The Labute approximate surface area is 210 Å². The molecule has 1 atom stereocenters. The fourth-order valence-corrected chi connectivity index (χ4v) is 4.48. The van der Waals surface area contributed by atoms with Gasteiger partial charge in [0, 0.05) is 29.3 Å². The van der Waals surface area contributed by atoms with Crippen LogP contribution >= 0.6 is 11.6 Å². The van der Waals surface area contributed by atoms with E-state index >= 15 is 0 Å². The molecule has 1 unspecified atom stereocenters. The summed E-state index contributed by atoms with van der Waals surface area (Å²) in [6, 6.07) is 10.5. The molecule has 2 aromatic carbocycles. The van der Waals surface area contributed by atoms with Crippen LogP contribution in [0.15, 0.2) is 49.1 Å². The molecule has 7 nitrogen and oxygen atoms in total. The molecule has 35 heavy (non-hydrogen) atoms. The van der Waals surface area contributed by atoms with E-state index in [1.54, 1.807) is 18.2 Å². The minimum atomic E-state index is -0.419. The molecule has 8 heteroatoms. The number of nitrogens with one attached hydrogen (secondary N) is 1. The van der Waals surface area contributed by atoms with Crippen LogP contribution in [0.3, 0.4) is 0 Å². The first kappa shape index (κ1) is 24.8. The smallest absolute Gasteiger partial charge is 0.273 e. The molecule has 2 heterocycles. The number of aryl methyl sites for hydroxylation is 1. The summed E-state index contributed by atoms with van der Waals surface area (Å²) in [7, 11) is 0. The quantitative estimate of drug-likeness (QED) is 0.279. The van der Waals surface area contributed by atoms with Gasteiger partial charge in [0.15, 0.2) is 0 Å². The summed E-state index contributed by atoms with van der Waals surface area (Å²) in [6.07, 6.45) is 2.49. The first-order chi connectivity index (χ1) is 16.8. The first-order valence-electron chi connectivity index (χ1n) is 11.7. The number of halogens is 1. The van der Waals surface area contributed by atoms with E-state index in [0.29, 0.717) is 59.5 Å². The van der Waals surface area contributed by atoms with Crippen molar-refractivity contribution >= 4 is 17.5 Å². The van der Waals surface area contributed by atoms with E-state index < -0.39 is 6.04 Å². The third kappa shape index (κ3) is 5.06. The van der Waals surface area contributed by atoms with Gasteiger partial charge in [-0.3, -0.25) is 9.89 Å². The van der Waals surface area contributed by atoms with Crippen molar-refractivity contribution in [3.8, 4) is 22.8 Å². The van der Waals surface area contributed by atoms with Gasteiger partial charge in [-0.2, -0.15) is 5.10 Å². The van der Waals surface area contributed by atoms with Gasteiger partial charge in [0.05, 0.1) is 12.1 Å². The number of aromatic amines is 1. The fraction of sp³-hybridized carbons (Fsp3) is 0.333. The zero-order chi connectivity index (χ0) is 25.1. The monoisotopic (exact) mass is 495 g/mol. The van der Waals surface area contributed by atoms with Crippen LogP contribution in [0.5, 0.6) is 11.5 Å². The molecule has 184 valence electrons. The van der Waals surface area contributed by atoms with E-state index in [1.165, 1.54) is 0 Å². The number of fused-ring (bicyclic) bond motifs is 1. The molecule has 2 N–H and O–H groups in total. The molecule has 3 aromatic rings. The minimum absolute atomic E-state index is 0.0549. The largest absolute Gasteiger partial charge is 0.507 e. The molecule has 0 aliphatic carbocycles. The van der Waals surface area contributed by atoms with Gasteiger partial charge in [-0.15, -0.1) is 0 Å². The van der Waals surface area contributed by atoms with E-state index in [2.05, 4.69) is 16.8 Å². The van der Waals surface area contributed by atoms with Crippen LogP contribution in [0.2, 0.25) is 5.02 Å². The lowest BCUT2D eigenvalue weighted by molar-refractivity contribution is 0.0601. The van der Waals surface area contributed by atoms with Crippen molar-refractivity contribution in [3.05, 3.63) is 76.5 Å². The number of rotatable bonds is 10. The Morgan fingerprint density at radius 1 is 1.31 bits per heavy atom. The molecule has 0 bridgehead atoms. The summed E-state index contributed by atoms with van der Waals surface area (Å²) >= 11 is 6.38. The molecular formula is C27H30ClN3O4. The van der Waals surface area contributed by atoms with Gasteiger partial charge in [-0.25, -0.2) is 0 Å². The van der Waals surface area contributed by atoms with Crippen molar-refractivity contribution in [1.82, 2.24) is 15.1 Å². The average Bonchev–Trinajstić information content (AvgIpc) is 3.36. The topological polar surface area (TPSA) is 87.7 Å². The molecule has 4 rings (SSSR count). The highest BCUT2D eigenvalue weighted by Gasteiger charge is 2.42. The van der Waals surface area contributed by atoms with Gasteiger partial charge in [0.1, 0.15) is 29.5 Å². The van der Waals surface area contributed by atoms with Crippen LogP contribution < -0.4 is 4.74 Å². The number of hydrogen-bond donors (Lipinski definition) is 2. The highest BCUT2D eigenvalue weighted by molar-refractivity contribution is 6.31. The number of phenols is 1. The number of aromatic hydroxyl groups is 1. The van der Waals surface area contributed by atoms with Crippen molar-refractivity contribution in [2.24, 2.45) is 0 Å². The van der Waals surface area contributed by atoms with Gasteiger partial charge in [-0.05, 0) is 62.6 Å². The number of phenolic OH excluding ortho intramolecular Hbond substituents is 1. The number of amides is 1. The predicted molar refractivity (Wildman–Crippen MR) is 136 cm³/mol. The van der Waals surface area contributed by atoms with Crippen LogP contribution in [0.4, 0.5) is 0 Å². The molecular weight excluding hydrogens is 466 g/mol. The van der Waals surface area contributed by atoms with E-state index in [9.17, 15) is 9.90 Å². The van der Waals surface area contributed by atoms with Crippen LogP contribution in [-0.2, 0) is 4.74 Å². The first-order valence-corrected chi connectivity index (χ1v) is 12.0. The van der Waals surface area contributed by atoms with Crippen LogP contribution in [-0.4, -0.2) is 52.0 Å². The fourth-order valence-electron chi connectivity index (χ4n) is 4.32. The van der Waals surface area contributed by atoms with Gasteiger partial charge in [-0.1, -0.05) is 36.4 Å². The molecule has 0 saturated heterocycles. The van der Waals surface area contributed by atoms with E-state index in [4.69, 9.17) is 21.1 Å². The van der Waals surface area contributed by atoms with Crippen LogP contribution in [0.1, 0.15) is 53.5 Å². The highest BCUT2D eigenvalue weighted by atomic mass is 35.5. The number of carbonyl (C=O) groups is 1. The molecule has 1 aromatic heterocycles. The van der Waals surface area contributed by atoms with Crippen molar-refractivity contribution in [2.45, 2.75) is 39.3 Å². The molecule has 0 saturated carbocycles. The number of benzene rings is 2. The Balaban J connectivity index is 1.78. The molecule has 1 aliphatic rings. The van der Waals surface area contributed by atoms with Crippen LogP contribution in [0.25, 0.3) is 11.3 Å². The summed E-state index contributed by atoms with van der Waals surface area (Å²) in [6.45, 7) is 10.9. The molecule has 0 spiro atoms. The number of nitrogens with zero attached hydrogens (tertiary/aromatic N) is 2. The SMILES string of the molecule is C=CCOc1cccc(C2c3c(-c4cc(Cl)c(C)cc4O)n[nH]c3C(=O)N2CCCOC(C)C)c1. The standard InChI is InChI=1S/C27H30ClN3O4/c1-5-11-35-19-9-6-8-18(14-19)26-23-24(20-15-21(28)17(4)13-22(20)32)29-30-25(23)27(33)31(26)10-7-12-34-16(2)3/h5-6,8-9,13-16,26,32H,1,7,10-12H2,2-4H3,(H,29,30). The van der Waals surface area contributed by atoms with Gasteiger partial charge >= 0.3 is 0 Å². The maximum Gasteiger partial charge on any atom is 0.273 e. The zero-order valence-corrected chi connectivity index (χ0v) is 20.9. The minimum Gasteiger partial charge on any atom is -0.507 e. The number of carbonyl (C=O) groups excluding carboxylic acids is 1. The second-order valence-electron chi connectivity index (χ2n) is 8.83. The second-order valence-corrected chi connectivity index (χ2v) is 9.23. The lowest BCUT2D eigenvalue weighted by Crippen LogP contribution is -2.31. The van der Waals surface area contributed by atoms with E-state index in [1.807, 2.05) is 49.9 Å². The van der Waals surface area contributed by atoms with Crippen LogP contribution in [0, 0.1) is 6.92 Å². The predicted octanol–water partition coefficient (Wildman–Crippen LogP) is 5.67. The summed E-state index contributed by atoms with van der Waals surface area (Å²) in [4.78, 5) is 15.3. The molecule has 1 aliphatic heterocycles. The normalized spacial score (nSPS) is 15.1. The number of aromatic nitrogens is 2. The van der Waals surface area contributed by atoms with Gasteiger partial charge in [0.25, 0.3) is 5.91 Å². The summed E-state index contributed by atoms with van der Waals surface area (Å²) in [5.74, 6) is 0.584. The second kappa shape index (κ2) is 10.5. The Hall–Kier alpha value is -3.29. The Bertz CT molecular complexity index is 1240. The number of hydrogen-bond acceptors (Lipinski definition) is 5. The molecule has 0 radical (unpaired) electrons. The summed E-state index contributed by atoms with van der Waals surface area (Å²) in [5, 5.41) is 18.6. The summed E-state index contributed by atoms with van der Waals surface area (Å²) in [5.41, 5.74) is 3.71. The summed E-state index contributed by atoms with van der Waals surface area (Å²) < 4.78 is 11.5. The Morgan fingerprint density at radius 3 is 2.86 bits per heavy atom. The van der Waals surface area contributed by atoms with Gasteiger partial charge in [0.2, 0.25) is 0 Å². The molecule has 0 fully saturated rings.